The van der Waals surface area contributed by atoms with Crippen molar-refractivity contribution in [3.05, 3.63) is 48.0 Å². The first-order valence-electron chi connectivity index (χ1n) is 12.0. The van der Waals surface area contributed by atoms with Crippen molar-refractivity contribution < 1.29 is 18.4 Å². The van der Waals surface area contributed by atoms with Crippen LogP contribution in [-0.2, 0) is 11.3 Å². The van der Waals surface area contributed by atoms with Gasteiger partial charge in [0.2, 0.25) is 17.8 Å². The van der Waals surface area contributed by atoms with E-state index in [1.165, 1.54) is 0 Å². The summed E-state index contributed by atoms with van der Waals surface area (Å²) in [5.74, 6) is 0.401. The van der Waals surface area contributed by atoms with Gasteiger partial charge in [0, 0.05) is 57.2 Å². The van der Waals surface area contributed by atoms with Gasteiger partial charge in [-0.3, -0.25) is 14.5 Å². The van der Waals surface area contributed by atoms with E-state index in [0.717, 1.165) is 49.5 Å². The highest BCUT2D eigenvalue weighted by atomic mass is 19.3. The Labute approximate surface area is 206 Å². The molecule has 2 fully saturated rings. The molecule has 0 radical (unpaired) electrons. The average molecular weight is 499 g/mol. The third-order valence-electron chi connectivity index (χ3n) is 6.91. The van der Waals surface area contributed by atoms with E-state index in [2.05, 4.69) is 19.9 Å². The molecule has 2 aliphatic rings. The molecule has 2 aromatic heterocycles. The van der Waals surface area contributed by atoms with Crippen LogP contribution in [0.2, 0.25) is 0 Å². The molecule has 36 heavy (non-hydrogen) atoms. The summed E-state index contributed by atoms with van der Waals surface area (Å²) in [6.45, 7) is 4.98. The zero-order chi connectivity index (χ0) is 25.2. The number of imidazole rings is 1. The predicted octanol–water partition coefficient (Wildman–Crippen LogP) is 1.53. The lowest BCUT2D eigenvalue weighted by atomic mass is 10.1. The number of carbonyl (C=O) groups is 2. The number of anilines is 1. The van der Waals surface area contributed by atoms with Gasteiger partial charge in [-0.15, -0.1) is 0 Å². The maximum absolute atomic E-state index is 12.9. The molecule has 2 aliphatic heterocycles. The van der Waals surface area contributed by atoms with E-state index in [0.29, 0.717) is 50.2 Å². The van der Waals surface area contributed by atoms with Crippen LogP contribution in [0.3, 0.4) is 0 Å². The van der Waals surface area contributed by atoms with Gasteiger partial charge in [0.25, 0.3) is 6.43 Å². The molecule has 5 rings (SSSR count). The number of benzene rings is 1. The molecule has 190 valence electrons. The molecule has 0 spiro atoms. The largest absolute Gasteiger partial charge is 0.366 e. The van der Waals surface area contributed by atoms with E-state index in [9.17, 15) is 18.4 Å². The van der Waals surface area contributed by atoms with Crippen LogP contribution in [0.25, 0.3) is 11.0 Å². The van der Waals surface area contributed by atoms with Gasteiger partial charge in [-0.05, 0) is 37.1 Å². The van der Waals surface area contributed by atoms with E-state index in [-0.39, 0.29) is 11.5 Å². The minimum atomic E-state index is -2.59. The van der Waals surface area contributed by atoms with Crippen LogP contribution in [0, 0.1) is 5.92 Å². The first-order valence-corrected chi connectivity index (χ1v) is 12.0. The number of hydrogen-bond acceptors (Lipinski definition) is 7. The average Bonchev–Trinajstić information content (AvgIpc) is 3.50. The Bertz CT molecular complexity index is 1240. The maximum Gasteiger partial charge on any atom is 0.266 e. The molecule has 2 amide bonds. The highest BCUT2D eigenvalue weighted by Crippen LogP contribution is 2.23. The number of piperazine rings is 1. The summed E-state index contributed by atoms with van der Waals surface area (Å²) >= 11 is 0. The molecule has 0 saturated carbocycles. The van der Waals surface area contributed by atoms with Gasteiger partial charge < -0.3 is 20.1 Å². The van der Waals surface area contributed by atoms with E-state index in [1.807, 2.05) is 14.4 Å². The van der Waals surface area contributed by atoms with Gasteiger partial charge in [0.15, 0.2) is 0 Å². The van der Waals surface area contributed by atoms with Gasteiger partial charge in [-0.1, -0.05) is 0 Å². The third kappa shape index (κ3) is 5.13. The molecular weight excluding hydrogens is 470 g/mol. The van der Waals surface area contributed by atoms with Crippen molar-refractivity contribution in [3.63, 3.8) is 0 Å². The van der Waals surface area contributed by atoms with Gasteiger partial charge in [0.05, 0.1) is 29.5 Å². The number of halogens is 2. The Morgan fingerprint density at radius 3 is 2.50 bits per heavy atom. The SMILES string of the molecule is NC(=O)c1ccc2ncn(CC3CCN(CC(=O)N4CCN(c5ncc(C(F)F)cn5)CC4)C3)c2c1. The van der Waals surface area contributed by atoms with Crippen LogP contribution in [-0.4, -0.2) is 86.9 Å². The highest BCUT2D eigenvalue weighted by Gasteiger charge is 2.28. The Kier molecular flexibility index (Phi) is 6.77. The minimum absolute atomic E-state index is 0.0865. The summed E-state index contributed by atoms with van der Waals surface area (Å²) in [6.07, 6.45) is 2.47. The number of amides is 2. The quantitative estimate of drug-likeness (QED) is 0.526. The van der Waals surface area contributed by atoms with E-state index >= 15 is 0 Å². The normalized spacial score (nSPS) is 18.9. The van der Waals surface area contributed by atoms with Crippen molar-refractivity contribution in [3.8, 4) is 0 Å². The van der Waals surface area contributed by atoms with Crippen LogP contribution in [0.5, 0.6) is 0 Å². The van der Waals surface area contributed by atoms with Gasteiger partial charge in [-0.2, -0.15) is 0 Å². The summed E-state index contributed by atoms with van der Waals surface area (Å²) in [5.41, 5.74) is 7.38. The van der Waals surface area contributed by atoms with Crippen molar-refractivity contribution in [1.82, 2.24) is 29.3 Å². The van der Waals surface area contributed by atoms with E-state index in [4.69, 9.17) is 5.73 Å². The van der Waals surface area contributed by atoms with Crippen LogP contribution in [0.1, 0.15) is 28.8 Å². The van der Waals surface area contributed by atoms with Gasteiger partial charge in [-0.25, -0.2) is 23.7 Å². The van der Waals surface area contributed by atoms with Crippen molar-refractivity contribution in [2.75, 3.05) is 50.7 Å². The molecule has 0 bridgehead atoms. The Morgan fingerprint density at radius 1 is 1.06 bits per heavy atom. The molecule has 1 unspecified atom stereocenters. The summed E-state index contributed by atoms with van der Waals surface area (Å²) < 4.78 is 27.5. The molecule has 10 nitrogen and oxygen atoms in total. The lowest BCUT2D eigenvalue weighted by molar-refractivity contribution is -0.132. The Morgan fingerprint density at radius 2 is 1.81 bits per heavy atom. The number of alkyl halides is 2. The molecule has 4 heterocycles. The molecule has 1 atom stereocenters. The second-order valence-corrected chi connectivity index (χ2v) is 9.34. The molecule has 2 saturated heterocycles. The second kappa shape index (κ2) is 10.1. The van der Waals surface area contributed by atoms with Gasteiger partial charge >= 0.3 is 0 Å². The zero-order valence-corrected chi connectivity index (χ0v) is 19.8. The number of nitrogens with two attached hydrogens (primary N) is 1. The number of likely N-dealkylation sites (tertiary alicyclic amines) is 1. The topological polar surface area (TPSA) is 113 Å². The molecule has 3 aromatic rings. The molecule has 2 N–H and O–H groups in total. The zero-order valence-electron chi connectivity index (χ0n) is 19.8. The fourth-order valence-corrected chi connectivity index (χ4v) is 4.89. The number of carbonyl (C=O) groups excluding carboxylic acids is 2. The van der Waals surface area contributed by atoms with Crippen LogP contribution < -0.4 is 10.6 Å². The third-order valence-corrected chi connectivity index (χ3v) is 6.91. The maximum atomic E-state index is 12.9. The lowest BCUT2D eigenvalue weighted by Crippen LogP contribution is -2.51. The van der Waals surface area contributed by atoms with Crippen LogP contribution in [0.4, 0.5) is 14.7 Å². The predicted molar refractivity (Wildman–Crippen MR) is 129 cm³/mol. The van der Waals surface area contributed by atoms with Crippen molar-refractivity contribution in [2.45, 2.75) is 19.4 Å². The molecule has 12 heteroatoms. The number of hydrogen-bond donors (Lipinski definition) is 1. The standard InChI is InChI=1S/C24H28F2N8O2/c25-22(26)18-10-28-24(29-11-18)33-7-5-32(6-8-33)21(35)14-31-4-3-16(12-31)13-34-15-30-19-2-1-17(23(27)36)9-20(19)34/h1-2,9-11,15-16,22H,3-8,12-14H2,(H2,27,36). The number of primary amides is 1. The minimum Gasteiger partial charge on any atom is -0.366 e. The fourth-order valence-electron chi connectivity index (χ4n) is 4.89. The van der Waals surface area contributed by atoms with E-state index in [1.54, 1.807) is 24.5 Å². The number of fused-ring (bicyclic) bond motifs is 1. The Balaban J connectivity index is 1.11. The van der Waals surface area contributed by atoms with Gasteiger partial charge in [0.1, 0.15) is 0 Å². The summed E-state index contributed by atoms with van der Waals surface area (Å²) in [7, 11) is 0. The van der Waals surface area contributed by atoms with Crippen molar-refractivity contribution >= 4 is 28.8 Å². The van der Waals surface area contributed by atoms with Crippen molar-refractivity contribution in [1.29, 1.82) is 0 Å². The molecular formula is C24H28F2N8O2. The van der Waals surface area contributed by atoms with E-state index < -0.39 is 12.3 Å². The lowest BCUT2D eigenvalue weighted by Gasteiger charge is -2.35. The van der Waals surface area contributed by atoms with Crippen LogP contribution in [0.15, 0.2) is 36.9 Å². The number of aromatic nitrogens is 4. The second-order valence-electron chi connectivity index (χ2n) is 9.34. The smallest absolute Gasteiger partial charge is 0.266 e. The van der Waals surface area contributed by atoms with Crippen LogP contribution >= 0.6 is 0 Å². The first-order chi connectivity index (χ1) is 17.4. The van der Waals surface area contributed by atoms with Crippen molar-refractivity contribution in [2.24, 2.45) is 11.7 Å². The summed E-state index contributed by atoms with van der Waals surface area (Å²) in [4.78, 5) is 42.9. The fraction of sp³-hybridized carbons (Fsp3) is 0.458. The number of nitrogens with zero attached hydrogens (tertiary/aromatic N) is 7. The highest BCUT2D eigenvalue weighted by molar-refractivity contribution is 5.96. The molecule has 0 aliphatic carbocycles. The monoisotopic (exact) mass is 498 g/mol. The Hall–Kier alpha value is -3.67. The first kappa shape index (κ1) is 24.0. The molecule has 1 aromatic carbocycles. The number of rotatable bonds is 7. The summed E-state index contributed by atoms with van der Waals surface area (Å²) in [6, 6.07) is 5.26. The summed E-state index contributed by atoms with van der Waals surface area (Å²) in [5, 5.41) is 0.